The Bertz CT molecular complexity index is 570. The van der Waals surface area contributed by atoms with E-state index in [1.807, 2.05) is 37.6 Å². The summed E-state index contributed by atoms with van der Waals surface area (Å²) in [7, 11) is 1.90. The van der Waals surface area contributed by atoms with Gasteiger partial charge in [0.2, 0.25) is 0 Å². The number of rotatable bonds is 3. The lowest BCUT2D eigenvalue weighted by atomic mass is 10.2. The Hall–Kier alpha value is -2.14. The van der Waals surface area contributed by atoms with Crippen LogP contribution in [0.15, 0.2) is 36.7 Å². The Morgan fingerprint density at radius 2 is 2.15 bits per heavy atom. The van der Waals surface area contributed by atoms with Gasteiger partial charge in [-0.1, -0.05) is 18.2 Å². The van der Waals surface area contributed by atoms with Crippen molar-refractivity contribution in [2.45, 2.75) is 13.1 Å². The third-order valence-corrected chi connectivity index (χ3v) is 3.33. The number of benzene rings is 1. The predicted molar refractivity (Wildman–Crippen MR) is 77.8 cm³/mol. The van der Waals surface area contributed by atoms with Crippen molar-refractivity contribution in [1.82, 2.24) is 15.3 Å². The molecule has 1 aromatic heterocycles. The lowest BCUT2D eigenvalue weighted by Crippen LogP contribution is -2.26. The molecule has 1 aromatic carbocycles. The fourth-order valence-corrected chi connectivity index (χ4v) is 2.30. The van der Waals surface area contributed by atoms with Crippen LogP contribution < -0.4 is 15.0 Å². The third kappa shape index (κ3) is 2.72. The standard InChI is InChI=1S/C15H18N4O/c1-16-8-13-9-18-15(10-17-13)19-6-7-20-14-5-3-2-4-12(14)11-19/h2-5,9-10,16H,6-8,11H2,1H3. The van der Waals surface area contributed by atoms with Crippen molar-refractivity contribution in [2.75, 3.05) is 25.1 Å². The molecule has 1 N–H and O–H groups in total. The zero-order chi connectivity index (χ0) is 13.8. The van der Waals surface area contributed by atoms with Gasteiger partial charge in [0.25, 0.3) is 0 Å². The van der Waals surface area contributed by atoms with Crippen molar-refractivity contribution >= 4 is 5.82 Å². The van der Waals surface area contributed by atoms with E-state index in [4.69, 9.17) is 4.74 Å². The van der Waals surface area contributed by atoms with E-state index < -0.39 is 0 Å². The SMILES string of the molecule is CNCc1cnc(N2CCOc3ccccc3C2)cn1. The lowest BCUT2D eigenvalue weighted by molar-refractivity contribution is 0.331. The van der Waals surface area contributed by atoms with Crippen LogP contribution in [0.5, 0.6) is 5.75 Å². The molecule has 104 valence electrons. The number of hydrogen-bond acceptors (Lipinski definition) is 5. The summed E-state index contributed by atoms with van der Waals surface area (Å²) in [5.41, 5.74) is 2.13. The number of hydrogen-bond donors (Lipinski definition) is 1. The average Bonchev–Trinajstić information content (AvgIpc) is 2.70. The molecule has 5 nitrogen and oxygen atoms in total. The molecule has 3 rings (SSSR count). The molecule has 1 aliphatic rings. The quantitative estimate of drug-likeness (QED) is 0.918. The van der Waals surface area contributed by atoms with Gasteiger partial charge < -0.3 is 15.0 Å². The first kappa shape index (κ1) is 12.9. The summed E-state index contributed by atoms with van der Waals surface area (Å²) in [4.78, 5) is 11.1. The third-order valence-electron chi connectivity index (χ3n) is 3.33. The van der Waals surface area contributed by atoms with Crippen LogP contribution in [0.3, 0.4) is 0 Å². The lowest BCUT2D eigenvalue weighted by Gasteiger charge is -2.20. The first-order valence-electron chi connectivity index (χ1n) is 6.78. The number of nitrogens with zero attached hydrogens (tertiary/aromatic N) is 3. The zero-order valence-electron chi connectivity index (χ0n) is 11.5. The van der Waals surface area contributed by atoms with Gasteiger partial charge in [0.1, 0.15) is 18.2 Å². The van der Waals surface area contributed by atoms with Crippen LogP contribution in [0.2, 0.25) is 0 Å². The minimum Gasteiger partial charge on any atom is -0.491 e. The van der Waals surface area contributed by atoms with Crippen molar-refractivity contribution in [3.05, 3.63) is 47.9 Å². The van der Waals surface area contributed by atoms with E-state index in [9.17, 15) is 0 Å². The summed E-state index contributed by atoms with van der Waals surface area (Å²) in [5, 5.41) is 3.07. The minimum atomic E-state index is 0.664. The second kappa shape index (κ2) is 5.88. The molecule has 0 saturated carbocycles. The monoisotopic (exact) mass is 270 g/mol. The van der Waals surface area contributed by atoms with Crippen molar-refractivity contribution in [3.63, 3.8) is 0 Å². The second-order valence-electron chi connectivity index (χ2n) is 4.77. The molecule has 2 heterocycles. The highest BCUT2D eigenvalue weighted by molar-refractivity contribution is 5.42. The van der Waals surface area contributed by atoms with Crippen molar-refractivity contribution in [3.8, 4) is 5.75 Å². The summed E-state index contributed by atoms with van der Waals surface area (Å²) in [6.45, 7) is 3.02. The highest BCUT2D eigenvalue weighted by Gasteiger charge is 2.16. The highest BCUT2D eigenvalue weighted by atomic mass is 16.5. The van der Waals surface area contributed by atoms with Crippen LogP contribution in [-0.2, 0) is 13.1 Å². The number of aromatic nitrogens is 2. The van der Waals surface area contributed by atoms with Gasteiger partial charge in [-0.05, 0) is 13.1 Å². The Morgan fingerprint density at radius 1 is 1.25 bits per heavy atom. The molecule has 20 heavy (non-hydrogen) atoms. The first-order chi connectivity index (χ1) is 9.86. The van der Waals surface area contributed by atoms with Gasteiger partial charge in [0.05, 0.1) is 24.6 Å². The van der Waals surface area contributed by atoms with E-state index in [0.29, 0.717) is 6.61 Å². The Labute approximate surface area is 118 Å². The molecule has 0 unspecified atom stereocenters. The van der Waals surface area contributed by atoms with E-state index in [0.717, 1.165) is 36.9 Å². The van der Waals surface area contributed by atoms with Gasteiger partial charge in [-0.25, -0.2) is 4.98 Å². The fraction of sp³-hybridized carbons (Fsp3) is 0.333. The molecule has 1 aliphatic heterocycles. The summed E-state index contributed by atoms with van der Waals surface area (Å²) in [5.74, 6) is 1.86. The van der Waals surface area contributed by atoms with Gasteiger partial charge in [-0.3, -0.25) is 4.98 Å². The average molecular weight is 270 g/mol. The van der Waals surface area contributed by atoms with E-state index in [1.54, 1.807) is 0 Å². The van der Waals surface area contributed by atoms with Gasteiger partial charge in [-0.15, -0.1) is 0 Å². The topological polar surface area (TPSA) is 50.3 Å². The van der Waals surface area contributed by atoms with Crippen LogP contribution in [0.1, 0.15) is 11.3 Å². The van der Waals surface area contributed by atoms with Crippen molar-refractivity contribution in [1.29, 1.82) is 0 Å². The summed E-state index contributed by atoms with van der Waals surface area (Å²) >= 11 is 0. The van der Waals surface area contributed by atoms with Gasteiger partial charge in [-0.2, -0.15) is 0 Å². The van der Waals surface area contributed by atoms with Crippen LogP contribution >= 0.6 is 0 Å². The van der Waals surface area contributed by atoms with Gasteiger partial charge >= 0.3 is 0 Å². The molecule has 0 saturated heterocycles. The van der Waals surface area contributed by atoms with E-state index in [1.165, 1.54) is 5.56 Å². The van der Waals surface area contributed by atoms with E-state index in [2.05, 4.69) is 26.3 Å². The summed E-state index contributed by atoms with van der Waals surface area (Å²) in [6.07, 6.45) is 3.66. The maximum absolute atomic E-state index is 5.76. The molecular formula is C15H18N4O. The van der Waals surface area contributed by atoms with Crippen molar-refractivity contribution < 1.29 is 4.74 Å². The van der Waals surface area contributed by atoms with Gasteiger partial charge in [0, 0.05) is 18.7 Å². The number of ether oxygens (including phenoxy) is 1. The normalized spacial score (nSPS) is 14.3. The molecule has 0 bridgehead atoms. The molecule has 0 spiro atoms. The first-order valence-corrected chi connectivity index (χ1v) is 6.78. The number of nitrogens with one attached hydrogen (secondary N) is 1. The molecule has 0 aliphatic carbocycles. The number of anilines is 1. The molecule has 0 radical (unpaired) electrons. The zero-order valence-corrected chi connectivity index (χ0v) is 11.5. The van der Waals surface area contributed by atoms with Crippen LogP contribution in [-0.4, -0.2) is 30.2 Å². The fourth-order valence-electron chi connectivity index (χ4n) is 2.30. The Kier molecular flexibility index (Phi) is 3.78. The Morgan fingerprint density at radius 3 is 2.95 bits per heavy atom. The molecular weight excluding hydrogens is 252 g/mol. The molecule has 2 aromatic rings. The smallest absolute Gasteiger partial charge is 0.147 e. The molecule has 0 amide bonds. The molecule has 0 atom stereocenters. The summed E-state index contributed by atoms with van der Waals surface area (Å²) < 4.78 is 5.76. The van der Waals surface area contributed by atoms with Crippen molar-refractivity contribution in [2.24, 2.45) is 0 Å². The Balaban J connectivity index is 1.80. The van der Waals surface area contributed by atoms with E-state index >= 15 is 0 Å². The van der Waals surface area contributed by atoms with Crippen LogP contribution in [0, 0.1) is 0 Å². The number of para-hydroxylation sites is 1. The number of fused-ring (bicyclic) bond motifs is 1. The highest BCUT2D eigenvalue weighted by Crippen LogP contribution is 2.24. The van der Waals surface area contributed by atoms with Crippen LogP contribution in [0.25, 0.3) is 0 Å². The minimum absolute atomic E-state index is 0.664. The maximum atomic E-state index is 5.76. The van der Waals surface area contributed by atoms with Crippen LogP contribution in [0.4, 0.5) is 5.82 Å². The molecule has 0 fully saturated rings. The maximum Gasteiger partial charge on any atom is 0.147 e. The second-order valence-corrected chi connectivity index (χ2v) is 4.77. The largest absolute Gasteiger partial charge is 0.491 e. The summed E-state index contributed by atoms with van der Waals surface area (Å²) in [6, 6.07) is 8.14. The molecule has 5 heteroatoms. The van der Waals surface area contributed by atoms with Gasteiger partial charge in [0.15, 0.2) is 0 Å². The van der Waals surface area contributed by atoms with E-state index in [-0.39, 0.29) is 0 Å². The predicted octanol–water partition coefficient (Wildman–Crippen LogP) is 1.59.